The van der Waals surface area contributed by atoms with Gasteiger partial charge in [0.25, 0.3) is 0 Å². The lowest BCUT2D eigenvalue weighted by atomic mass is 9.86. The van der Waals surface area contributed by atoms with Crippen LogP contribution in [0.3, 0.4) is 0 Å². The highest BCUT2D eigenvalue weighted by atomic mass is 32.2. The summed E-state index contributed by atoms with van der Waals surface area (Å²) in [6, 6.07) is 8.33. The Morgan fingerprint density at radius 2 is 2.07 bits per heavy atom. The van der Waals surface area contributed by atoms with E-state index >= 15 is 0 Å². The molecule has 0 amide bonds. The van der Waals surface area contributed by atoms with Crippen LogP contribution in [-0.4, -0.2) is 10.9 Å². The van der Waals surface area contributed by atoms with Gasteiger partial charge in [-0.05, 0) is 36.8 Å². The normalized spacial score (nSPS) is 31.2. The number of aliphatic hydroxyl groups is 1. The minimum absolute atomic E-state index is 0.498. The molecule has 74 valence electrons. The van der Waals surface area contributed by atoms with Gasteiger partial charge in [-0.25, -0.2) is 0 Å². The molecule has 0 spiro atoms. The standard InChI is InChI=1S/C12H14OS/c13-12(9-5-6-9)7-8-14-11-4-2-1-3-10(11)12/h1-4,9,13H,5-8H2. The van der Waals surface area contributed by atoms with Crippen molar-refractivity contribution in [2.45, 2.75) is 29.8 Å². The van der Waals surface area contributed by atoms with E-state index in [9.17, 15) is 5.11 Å². The maximum Gasteiger partial charge on any atom is 0.0943 e. The average molecular weight is 206 g/mol. The van der Waals surface area contributed by atoms with Gasteiger partial charge in [0.15, 0.2) is 0 Å². The molecule has 0 aromatic heterocycles. The Bertz CT molecular complexity index is 359. The van der Waals surface area contributed by atoms with E-state index in [2.05, 4.69) is 18.2 Å². The lowest BCUT2D eigenvalue weighted by molar-refractivity contribution is 0.00582. The maximum absolute atomic E-state index is 10.6. The predicted octanol–water partition coefficient (Wildman–Crippen LogP) is 2.78. The van der Waals surface area contributed by atoms with Crippen LogP contribution in [0.25, 0.3) is 0 Å². The van der Waals surface area contributed by atoms with Crippen LogP contribution in [0.2, 0.25) is 0 Å². The molecule has 1 unspecified atom stereocenters. The maximum atomic E-state index is 10.6. The summed E-state index contributed by atoms with van der Waals surface area (Å²) in [5.74, 6) is 1.59. The van der Waals surface area contributed by atoms with Crippen LogP contribution in [0.4, 0.5) is 0 Å². The van der Waals surface area contributed by atoms with E-state index in [4.69, 9.17) is 0 Å². The lowest BCUT2D eigenvalue weighted by Crippen LogP contribution is -2.32. The summed E-state index contributed by atoms with van der Waals surface area (Å²) in [5.41, 5.74) is 0.681. The first-order chi connectivity index (χ1) is 6.81. The van der Waals surface area contributed by atoms with Gasteiger partial charge in [0.2, 0.25) is 0 Å². The van der Waals surface area contributed by atoms with E-state index in [1.807, 2.05) is 17.8 Å². The molecule has 1 aromatic rings. The van der Waals surface area contributed by atoms with E-state index in [1.165, 1.54) is 23.3 Å². The van der Waals surface area contributed by atoms with Crippen molar-refractivity contribution in [1.29, 1.82) is 0 Å². The number of hydrogen-bond acceptors (Lipinski definition) is 2. The van der Waals surface area contributed by atoms with E-state index < -0.39 is 5.60 Å². The summed E-state index contributed by atoms with van der Waals surface area (Å²) in [7, 11) is 0. The lowest BCUT2D eigenvalue weighted by Gasteiger charge is -2.34. The van der Waals surface area contributed by atoms with Crippen LogP contribution in [0.5, 0.6) is 0 Å². The van der Waals surface area contributed by atoms with Crippen molar-refractivity contribution >= 4 is 11.8 Å². The van der Waals surface area contributed by atoms with Crippen LogP contribution in [0.15, 0.2) is 29.2 Å². The first-order valence-electron chi connectivity index (χ1n) is 5.25. The summed E-state index contributed by atoms with van der Waals surface area (Å²) in [6.45, 7) is 0. The number of rotatable bonds is 1. The molecule has 1 heterocycles. The predicted molar refractivity (Wildman–Crippen MR) is 58.4 cm³/mol. The molecule has 0 radical (unpaired) electrons. The largest absolute Gasteiger partial charge is 0.385 e. The quantitative estimate of drug-likeness (QED) is 0.762. The zero-order valence-electron chi connectivity index (χ0n) is 8.07. The fraction of sp³-hybridized carbons (Fsp3) is 0.500. The zero-order chi connectivity index (χ0) is 9.60. The molecular weight excluding hydrogens is 192 g/mol. The first kappa shape index (κ1) is 8.81. The van der Waals surface area contributed by atoms with E-state index in [0.29, 0.717) is 5.92 Å². The summed E-state index contributed by atoms with van der Waals surface area (Å²) in [4.78, 5) is 1.29. The van der Waals surface area contributed by atoms with E-state index in [1.54, 1.807) is 0 Å². The van der Waals surface area contributed by atoms with Crippen molar-refractivity contribution < 1.29 is 5.11 Å². The van der Waals surface area contributed by atoms with Crippen molar-refractivity contribution in [2.75, 3.05) is 5.75 Å². The minimum Gasteiger partial charge on any atom is -0.385 e. The molecule has 1 aromatic carbocycles. The number of hydrogen-bond donors (Lipinski definition) is 1. The first-order valence-corrected chi connectivity index (χ1v) is 6.24. The molecule has 1 nitrogen and oxygen atoms in total. The Labute approximate surface area is 88.5 Å². The van der Waals surface area contributed by atoms with Crippen molar-refractivity contribution in [3.63, 3.8) is 0 Å². The summed E-state index contributed by atoms with van der Waals surface area (Å²) < 4.78 is 0. The Kier molecular flexibility index (Phi) is 1.89. The summed E-state index contributed by atoms with van der Waals surface area (Å²) in [6.07, 6.45) is 3.34. The van der Waals surface area contributed by atoms with Crippen LogP contribution in [-0.2, 0) is 5.60 Å². The summed E-state index contributed by atoms with van der Waals surface area (Å²) >= 11 is 1.88. The van der Waals surface area contributed by atoms with Crippen molar-refractivity contribution in [3.05, 3.63) is 29.8 Å². The third kappa shape index (κ3) is 1.21. The molecule has 0 bridgehead atoms. The molecule has 1 saturated carbocycles. The van der Waals surface area contributed by atoms with Gasteiger partial charge in [-0.2, -0.15) is 0 Å². The monoisotopic (exact) mass is 206 g/mol. The van der Waals surface area contributed by atoms with Gasteiger partial charge in [0, 0.05) is 10.6 Å². The Morgan fingerprint density at radius 3 is 2.86 bits per heavy atom. The molecule has 2 heteroatoms. The number of thioether (sulfide) groups is 1. The van der Waals surface area contributed by atoms with Crippen molar-refractivity contribution in [3.8, 4) is 0 Å². The number of benzene rings is 1. The van der Waals surface area contributed by atoms with Crippen molar-refractivity contribution in [2.24, 2.45) is 5.92 Å². The second-order valence-corrected chi connectivity index (χ2v) is 5.43. The van der Waals surface area contributed by atoms with Gasteiger partial charge >= 0.3 is 0 Å². The summed E-state index contributed by atoms with van der Waals surface area (Å²) in [5, 5.41) is 10.6. The van der Waals surface area contributed by atoms with Crippen LogP contribution in [0.1, 0.15) is 24.8 Å². The number of fused-ring (bicyclic) bond motifs is 1. The van der Waals surface area contributed by atoms with Crippen LogP contribution < -0.4 is 0 Å². The van der Waals surface area contributed by atoms with Crippen LogP contribution >= 0.6 is 11.8 Å². The minimum atomic E-state index is -0.498. The molecular formula is C12H14OS. The molecule has 1 atom stereocenters. The SMILES string of the molecule is OC1(C2CC2)CCSc2ccccc21. The highest BCUT2D eigenvalue weighted by Crippen LogP contribution is 2.52. The third-order valence-corrected chi connectivity index (χ3v) is 4.42. The second-order valence-electron chi connectivity index (χ2n) is 4.29. The Balaban J connectivity index is 2.09. The topological polar surface area (TPSA) is 20.2 Å². The average Bonchev–Trinajstić information content (AvgIpc) is 3.02. The van der Waals surface area contributed by atoms with Gasteiger partial charge in [-0.15, -0.1) is 11.8 Å². The van der Waals surface area contributed by atoms with E-state index in [0.717, 1.165) is 12.2 Å². The van der Waals surface area contributed by atoms with Gasteiger partial charge in [0.1, 0.15) is 0 Å². The smallest absolute Gasteiger partial charge is 0.0943 e. The molecule has 1 N–H and O–H groups in total. The molecule has 1 fully saturated rings. The third-order valence-electron chi connectivity index (χ3n) is 3.35. The van der Waals surface area contributed by atoms with Gasteiger partial charge in [-0.3, -0.25) is 0 Å². The molecule has 1 aliphatic carbocycles. The second kappa shape index (κ2) is 3.01. The molecule has 1 aliphatic heterocycles. The Hall–Kier alpha value is -0.470. The van der Waals surface area contributed by atoms with Gasteiger partial charge < -0.3 is 5.11 Å². The highest BCUT2D eigenvalue weighted by Gasteiger charge is 2.47. The van der Waals surface area contributed by atoms with Gasteiger partial charge in [-0.1, -0.05) is 18.2 Å². The fourth-order valence-corrected chi connectivity index (χ4v) is 3.59. The molecule has 3 rings (SSSR count). The van der Waals surface area contributed by atoms with Gasteiger partial charge in [0.05, 0.1) is 5.60 Å². The van der Waals surface area contributed by atoms with Crippen LogP contribution in [0, 0.1) is 5.92 Å². The van der Waals surface area contributed by atoms with Crippen molar-refractivity contribution in [1.82, 2.24) is 0 Å². The highest BCUT2D eigenvalue weighted by molar-refractivity contribution is 7.99. The molecule has 0 saturated heterocycles. The molecule has 2 aliphatic rings. The Morgan fingerprint density at radius 1 is 1.29 bits per heavy atom. The molecule has 14 heavy (non-hydrogen) atoms. The zero-order valence-corrected chi connectivity index (χ0v) is 8.89. The van der Waals surface area contributed by atoms with E-state index in [-0.39, 0.29) is 0 Å². The fourth-order valence-electron chi connectivity index (χ4n) is 2.39.